The summed E-state index contributed by atoms with van der Waals surface area (Å²) in [5.74, 6) is 0.555. The van der Waals surface area contributed by atoms with Gasteiger partial charge in [-0.25, -0.2) is 0 Å². The van der Waals surface area contributed by atoms with Gasteiger partial charge in [0.05, 0.1) is 6.04 Å². The fourth-order valence-electron chi connectivity index (χ4n) is 2.07. The molecule has 1 atom stereocenters. The fraction of sp³-hybridized carbons (Fsp3) is 0.562. The third kappa shape index (κ3) is 5.21. The highest BCUT2D eigenvalue weighted by Crippen LogP contribution is 2.11. The molecular formula is C16H27N3O. The first-order valence-electron chi connectivity index (χ1n) is 7.30. The van der Waals surface area contributed by atoms with E-state index in [9.17, 15) is 4.79 Å². The Kier molecular flexibility index (Phi) is 6.52. The molecule has 0 aliphatic rings. The van der Waals surface area contributed by atoms with Crippen LogP contribution >= 0.6 is 0 Å². The highest BCUT2D eigenvalue weighted by Gasteiger charge is 2.20. The van der Waals surface area contributed by atoms with Crippen LogP contribution in [0.4, 0.5) is 5.69 Å². The van der Waals surface area contributed by atoms with Gasteiger partial charge in [0.15, 0.2) is 0 Å². The molecule has 1 rings (SSSR count). The number of nitrogen functional groups attached to an aromatic ring is 1. The van der Waals surface area contributed by atoms with E-state index in [-0.39, 0.29) is 11.9 Å². The highest BCUT2D eigenvalue weighted by molar-refractivity contribution is 5.81. The first-order chi connectivity index (χ1) is 9.43. The molecule has 1 aromatic rings. The Morgan fingerprint density at radius 1 is 1.35 bits per heavy atom. The first-order valence-corrected chi connectivity index (χ1v) is 7.30. The molecule has 0 aliphatic heterocycles. The minimum Gasteiger partial charge on any atom is -0.399 e. The lowest BCUT2D eigenvalue weighted by atomic mass is 10.1. The van der Waals surface area contributed by atoms with Crippen LogP contribution in [0.25, 0.3) is 0 Å². The van der Waals surface area contributed by atoms with Crippen molar-refractivity contribution in [1.82, 2.24) is 10.2 Å². The molecule has 0 aliphatic carbocycles. The van der Waals surface area contributed by atoms with Crippen LogP contribution in [-0.2, 0) is 11.3 Å². The Hall–Kier alpha value is -1.55. The SMILES string of the molecule is CCN(Cc1cccc(N)c1)C(C)C(=O)NCC(C)C. The normalized spacial score (nSPS) is 12.7. The van der Waals surface area contributed by atoms with Crippen molar-refractivity contribution in [2.75, 3.05) is 18.8 Å². The Bertz CT molecular complexity index is 431. The third-order valence-electron chi connectivity index (χ3n) is 3.35. The molecule has 0 saturated carbocycles. The summed E-state index contributed by atoms with van der Waals surface area (Å²) in [5.41, 5.74) is 7.69. The molecule has 0 heterocycles. The Morgan fingerprint density at radius 3 is 2.60 bits per heavy atom. The minimum absolute atomic E-state index is 0.0875. The van der Waals surface area contributed by atoms with Crippen LogP contribution in [0.1, 0.15) is 33.3 Å². The second-order valence-electron chi connectivity index (χ2n) is 5.62. The predicted molar refractivity (Wildman–Crippen MR) is 84.2 cm³/mol. The number of carbonyl (C=O) groups is 1. The number of anilines is 1. The lowest BCUT2D eigenvalue weighted by molar-refractivity contribution is -0.126. The van der Waals surface area contributed by atoms with Crippen molar-refractivity contribution in [2.45, 2.75) is 40.3 Å². The Morgan fingerprint density at radius 2 is 2.05 bits per heavy atom. The maximum absolute atomic E-state index is 12.1. The number of nitrogens with zero attached hydrogens (tertiary/aromatic N) is 1. The average molecular weight is 277 g/mol. The number of carbonyl (C=O) groups excluding carboxylic acids is 1. The minimum atomic E-state index is -0.139. The van der Waals surface area contributed by atoms with Crippen molar-refractivity contribution in [3.05, 3.63) is 29.8 Å². The molecule has 1 unspecified atom stereocenters. The van der Waals surface area contributed by atoms with Gasteiger partial charge in [-0.05, 0) is 37.1 Å². The molecule has 20 heavy (non-hydrogen) atoms. The molecule has 0 fully saturated rings. The largest absolute Gasteiger partial charge is 0.399 e. The summed E-state index contributed by atoms with van der Waals surface area (Å²) in [6.45, 7) is 10.5. The van der Waals surface area contributed by atoms with Crippen molar-refractivity contribution in [3.63, 3.8) is 0 Å². The van der Waals surface area contributed by atoms with Crippen LogP contribution in [0, 0.1) is 5.92 Å². The summed E-state index contributed by atoms with van der Waals surface area (Å²) in [4.78, 5) is 14.3. The lowest BCUT2D eigenvalue weighted by Gasteiger charge is -2.27. The van der Waals surface area contributed by atoms with Gasteiger partial charge in [-0.3, -0.25) is 9.69 Å². The van der Waals surface area contributed by atoms with Gasteiger partial charge < -0.3 is 11.1 Å². The number of likely N-dealkylation sites (N-methyl/N-ethyl adjacent to an activating group) is 1. The molecule has 4 nitrogen and oxygen atoms in total. The van der Waals surface area contributed by atoms with Gasteiger partial charge in [-0.1, -0.05) is 32.9 Å². The van der Waals surface area contributed by atoms with Gasteiger partial charge in [0.2, 0.25) is 5.91 Å². The topological polar surface area (TPSA) is 58.4 Å². The van der Waals surface area contributed by atoms with Crippen molar-refractivity contribution >= 4 is 11.6 Å². The van der Waals surface area contributed by atoms with Crippen molar-refractivity contribution < 1.29 is 4.79 Å². The Balaban J connectivity index is 2.63. The molecule has 0 spiro atoms. The van der Waals surface area contributed by atoms with Gasteiger partial charge in [-0.15, -0.1) is 0 Å². The van der Waals surface area contributed by atoms with Gasteiger partial charge in [0.25, 0.3) is 0 Å². The second kappa shape index (κ2) is 7.90. The summed E-state index contributed by atoms with van der Waals surface area (Å²) in [7, 11) is 0. The molecule has 112 valence electrons. The van der Waals surface area contributed by atoms with Crippen molar-refractivity contribution in [3.8, 4) is 0 Å². The zero-order valence-corrected chi connectivity index (χ0v) is 13.0. The van der Waals surface area contributed by atoms with Gasteiger partial charge in [0, 0.05) is 18.8 Å². The van der Waals surface area contributed by atoms with Gasteiger partial charge in [-0.2, -0.15) is 0 Å². The van der Waals surface area contributed by atoms with Crippen LogP contribution in [0.3, 0.4) is 0 Å². The lowest BCUT2D eigenvalue weighted by Crippen LogP contribution is -2.45. The molecule has 0 bridgehead atoms. The highest BCUT2D eigenvalue weighted by atomic mass is 16.2. The molecule has 4 heteroatoms. The van der Waals surface area contributed by atoms with E-state index in [2.05, 4.69) is 31.0 Å². The van der Waals surface area contributed by atoms with E-state index < -0.39 is 0 Å². The summed E-state index contributed by atoms with van der Waals surface area (Å²) < 4.78 is 0. The quantitative estimate of drug-likeness (QED) is 0.752. The second-order valence-corrected chi connectivity index (χ2v) is 5.62. The number of nitrogens with two attached hydrogens (primary N) is 1. The zero-order valence-electron chi connectivity index (χ0n) is 13.0. The van der Waals surface area contributed by atoms with Crippen LogP contribution in [-0.4, -0.2) is 29.9 Å². The predicted octanol–water partition coefficient (Wildman–Crippen LogP) is 2.25. The van der Waals surface area contributed by atoms with Crippen LogP contribution in [0.2, 0.25) is 0 Å². The van der Waals surface area contributed by atoms with Crippen LogP contribution in [0.15, 0.2) is 24.3 Å². The van der Waals surface area contributed by atoms with E-state index in [1.807, 2.05) is 31.2 Å². The van der Waals surface area contributed by atoms with Crippen LogP contribution < -0.4 is 11.1 Å². The van der Waals surface area contributed by atoms with E-state index >= 15 is 0 Å². The number of benzene rings is 1. The number of rotatable bonds is 7. The van der Waals surface area contributed by atoms with Crippen LogP contribution in [0.5, 0.6) is 0 Å². The molecule has 1 amide bonds. The van der Waals surface area contributed by atoms with Gasteiger partial charge in [0.1, 0.15) is 0 Å². The number of hydrogen-bond acceptors (Lipinski definition) is 3. The van der Waals surface area contributed by atoms with Crippen molar-refractivity contribution in [1.29, 1.82) is 0 Å². The maximum Gasteiger partial charge on any atom is 0.237 e. The molecule has 3 N–H and O–H groups in total. The number of nitrogens with one attached hydrogen (secondary N) is 1. The van der Waals surface area contributed by atoms with Gasteiger partial charge >= 0.3 is 0 Å². The summed E-state index contributed by atoms with van der Waals surface area (Å²) in [5, 5.41) is 2.99. The number of hydrogen-bond donors (Lipinski definition) is 2. The summed E-state index contributed by atoms with van der Waals surface area (Å²) >= 11 is 0. The molecule has 0 aromatic heterocycles. The molecular weight excluding hydrogens is 250 g/mol. The van der Waals surface area contributed by atoms with E-state index in [4.69, 9.17) is 5.73 Å². The van der Waals surface area contributed by atoms with E-state index in [0.717, 1.165) is 30.9 Å². The Labute approximate surface area is 122 Å². The van der Waals surface area contributed by atoms with Crippen molar-refractivity contribution in [2.24, 2.45) is 5.92 Å². The molecule has 0 saturated heterocycles. The molecule has 0 radical (unpaired) electrons. The summed E-state index contributed by atoms with van der Waals surface area (Å²) in [6.07, 6.45) is 0. The standard InChI is InChI=1S/C16H27N3O/c1-5-19(11-14-7-6-8-15(17)9-14)13(4)16(20)18-10-12(2)3/h6-9,12-13H,5,10-11,17H2,1-4H3,(H,18,20). The number of amides is 1. The third-order valence-corrected chi connectivity index (χ3v) is 3.35. The smallest absolute Gasteiger partial charge is 0.237 e. The van der Waals surface area contributed by atoms with E-state index in [0.29, 0.717) is 5.92 Å². The molecule has 1 aromatic carbocycles. The fourth-order valence-corrected chi connectivity index (χ4v) is 2.07. The monoisotopic (exact) mass is 277 g/mol. The van der Waals surface area contributed by atoms with E-state index in [1.54, 1.807) is 0 Å². The maximum atomic E-state index is 12.1. The summed E-state index contributed by atoms with van der Waals surface area (Å²) in [6, 6.07) is 7.68. The zero-order chi connectivity index (χ0) is 15.1. The van der Waals surface area contributed by atoms with E-state index in [1.165, 1.54) is 0 Å². The average Bonchev–Trinajstić information content (AvgIpc) is 2.41. The first kappa shape index (κ1) is 16.5.